The predicted molar refractivity (Wildman–Crippen MR) is 82.2 cm³/mol. The number of ether oxygens (including phenoxy) is 1. The minimum Gasteiger partial charge on any atom is -0.497 e. The zero-order valence-electron chi connectivity index (χ0n) is 12.3. The largest absolute Gasteiger partial charge is 0.497 e. The Bertz CT molecular complexity index is 586. The van der Waals surface area contributed by atoms with Crippen molar-refractivity contribution < 1.29 is 14.2 Å². The molecule has 0 amide bonds. The zero-order chi connectivity index (χ0) is 15.3. The van der Waals surface area contributed by atoms with Gasteiger partial charge in [0, 0.05) is 0 Å². The van der Waals surface area contributed by atoms with Gasteiger partial charge in [0.2, 0.25) is 0 Å². The Morgan fingerprint density at radius 1 is 1.14 bits per heavy atom. The van der Waals surface area contributed by atoms with E-state index in [1.807, 2.05) is 31.2 Å². The van der Waals surface area contributed by atoms with E-state index in [0.717, 1.165) is 11.3 Å². The van der Waals surface area contributed by atoms with Crippen molar-refractivity contribution in [2.75, 3.05) is 19.0 Å². The Kier molecular flexibility index (Phi) is 4.81. The highest BCUT2D eigenvalue weighted by Gasteiger charge is 2.24. The van der Waals surface area contributed by atoms with E-state index in [1.54, 1.807) is 25.3 Å². The number of aliphatic hydroxyl groups is 1. The van der Waals surface area contributed by atoms with Crippen molar-refractivity contribution in [1.29, 1.82) is 0 Å². The second kappa shape index (κ2) is 6.59. The van der Waals surface area contributed by atoms with Gasteiger partial charge in [-0.15, -0.1) is 0 Å². The lowest BCUT2D eigenvalue weighted by Crippen LogP contribution is -2.41. The summed E-state index contributed by atoms with van der Waals surface area (Å²) in [5.74, 6) is 0.457. The van der Waals surface area contributed by atoms with Gasteiger partial charge in [0.1, 0.15) is 11.6 Å². The third-order valence-corrected chi connectivity index (χ3v) is 3.41. The van der Waals surface area contributed by atoms with Crippen LogP contribution in [-0.4, -0.2) is 24.4 Å². The van der Waals surface area contributed by atoms with Crippen LogP contribution in [0.3, 0.4) is 0 Å². The minimum absolute atomic E-state index is 0.104. The van der Waals surface area contributed by atoms with Crippen LogP contribution in [-0.2, 0) is 6.42 Å². The molecule has 0 radical (unpaired) electrons. The number of nitrogens with one attached hydrogen (secondary N) is 1. The molecule has 21 heavy (non-hydrogen) atoms. The molecule has 0 aliphatic rings. The Balaban J connectivity index is 2.14. The normalized spacial score (nSPS) is 13.5. The standard InChI is InChI=1S/C17H20FNO2/c1-17(12-20,19-16-6-4-3-5-15(16)18)11-13-7-9-14(21-2)10-8-13/h3-10,19-20H,11-12H2,1-2H3. The molecule has 1 atom stereocenters. The van der Waals surface area contributed by atoms with E-state index in [9.17, 15) is 9.50 Å². The molecule has 4 heteroatoms. The fourth-order valence-electron chi connectivity index (χ4n) is 2.22. The maximum atomic E-state index is 13.7. The summed E-state index contributed by atoms with van der Waals surface area (Å²) < 4.78 is 18.9. The second-order valence-corrected chi connectivity index (χ2v) is 5.35. The van der Waals surface area contributed by atoms with Gasteiger partial charge in [0.05, 0.1) is 24.9 Å². The van der Waals surface area contributed by atoms with Gasteiger partial charge < -0.3 is 15.2 Å². The molecule has 0 saturated heterocycles. The lowest BCUT2D eigenvalue weighted by atomic mass is 9.93. The van der Waals surface area contributed by atoms with Crippen molar-refractivity contribution in [3.05, 3.63) is 59.9 Å². The first kappa shape index (κ1) is 15.3. The maximum Gasteiger partial charge on any atom is 0.146 e. The summed E-state index contributed by atoms with van der Waals surface area (Å²) in [5.41, 5.74) is 0.787. The van der Waals surface area contributed by atoms with Crippen molar-refractivity contribution in [2.45, 2.75) is 18.9 Å². The third-order valence-electron chi connectivity index (χ3n) is 3.41. The first-order valence-corrected chi connectivity index (χ1v) is 6.83. The van der Waals surface area contributed by atoms with Crippen LogP contribution in [0.25, 0.3) is 0 Å². The lowest BCUT2D eigenvalue weighted by molar-refractivity contribution is 0.221. The summed E-state index contributed by atoms with van der Waals surface area (Å²) in [6.07, 6.45) is 0.571. The molecular formula is C17H20FNO2. The van der Waals surface area contributed by atoms with E-state index in [0.29, 0.717) is 12.1 Å². The average molecular weight is 289 g/mol. The fourth-order valence-corrected chi connectivity index (χ4v) is 2.22. The van der Waals surface area contributed by atoms with Crippen LogP contribution in [0.5, 0.6) is 5.75 Å². The molecule has 1 unspecified atom stereocenters. The topological polar surface area (TPSA) is 41.5 Å². The molecule has 2 aromatic carbocycles. The monoisotopic (exact) mass is 289 g/mol. The van der Waals surface area contributed by atoms with Crippen LogP contribution in [0.4, 0.5) is 10.1 Å². The van der Waals surface area contributed by atoms with Gasteiger partial charge >= 0.3 is 0 Å². The van der Waals surface area contributed by atoms with Crippen molar-refractivity contribution in [1.82, 2.24) is 0 Å². The van der Waals surface area contributed by atoms with E-state index < -0.39 is 5.54 Å². The Labute approximate surface area is 124 Å². The summed E-state index contributed by atoms with van der Waals surface area (Å²) in [4.78, 5) is 0. The minimum atomic E-state index is -0.642. The number of anilines is 1. The van der Waals surface area contributed by atoms with Gasteiger partial charge in [-0.05, 0) is 43.2 Å². The molecule has 0 aliphatic carbocycles. The molecule has 0 fully saturated rings. The summed E-state index contributed by atoms with van der Waals surface area (Å²) in [7, 11) is 1.62. The van der Waals surface area contributed by atoms with Crippen molar-refractivity contribution in [3.8, 4) is 5.75 Å². The summed E-state index contributed by atoms with van der Waals surface area (Å²) >= 11 is 0. The molecular weight excluding hydrogens is 269 g/mol. The van der Waals surface area contributed by atoms with Crippen LogP contribution in [0.1, 0.15) is 12.5 Å². The first-order chi connectivity index (χ1) is 10.1. The highest BCUT2D eigenvalue weighted by Crippen LogP contribution is 2.23. The third kappa shape index (κ3) is 3.95. The quantitative estimate of drug-likeness (QED) is 0.858. The van der Waals surface area contributed by atoms with Crippen molar-refractivity contribution in [3.63, 3.8) is 0 Å². The van der Waals surface area contributed by atoms with Crippen LogP contribution >= 0.6 is 0 Å². The van der Waals surface area contributed by atoms with Crippen LogP contribution in [0.15, 0.2) is 48.5 Å². The van der Waals surface area contributed by atoms with Crippen molar-refractivity contribution >= 4 is 5.69 Å². The molecule has 0 aromatic heterocycles. The maximum absolute atomic E-state index is 13.7. The summed E-state index contributed by atoms with van der Waals surface area (Å²) in [5, 5.41) is 12.8. The number of para-hydroxylation sites is 1. The van der Waals surface area contributed by atoms with Gasteiger partial charge in [-0.2, -0.15) is 0 Å². The number of aliphatic hydroxyl groups excluding tert-OH is 1. The van der Waals surface area contributed by atoms with E-state index in [4.69, 9.17) is 4.74 Å². The molecule has 0 saturated carbocycles. The van der Waals surface area contributed by atoms with Crippen LogP contribution in [0, 0.1) is 5.82 Å². The molecule has 0 bridgehead atoms. The van der Waals surface area contributed by atoms with Crippen molar-refractivity contribution in [2.24, 2.45) is 0 Å². The highest BCUT2D eigenvalue weighted by atomic mass is 19.1. The van der Waals surface area contributed by atoms with Gasteiger partial charge in [0.15, 0.2) is 0 Å². The summed E-state index contributed by atoms with van der Waals surface area (Å²) in [6, 6.07) is 14.1. The van der Waals surface area contributed by atoms with E-state index in [-0.39, 0.29) is 12.4 Å². The first-order valence-electron chi connectivity index (χ1n) is 6.83. The smallest absolute Gasteiger partial charge is 0.146 e. The summed E-state index contributed by atoms with van der Waals surface area (Å²) in [6.45, 7) is 1.76. The Hall–Kier alpha value is -2.07. The van der Waals surface area contributed by atoms with Crippen LogP contribution in [0.2, 0.25) is 0 Å². The van der Waals surface area contributed by atoms with Gasteiger partial charge in [-0.3, -0.25) is 0 Å². The SMILES string of the molecule is COc1ccc(CC(C)(CO)Nc2ccccc2F)cc1. The molecule has 3 nitrogen and oxygen atoms in total. The molecule has 0 aliphatic heterocycles. The number of rotatable bonds is 6. The van der Waals surface area contributed by atoms with Gasteiger partial charge in [-0.1, -0.05) is 24.3 Å². The van der Waals surface area contributed by atoms with E-state index in [1.165, 1.54) is 6.07 Å². The molecule has 2 rings (SSSR count). The van der Waals surface area contributed by atoms with Gasteiger partial charge in [-0.25, -0.2) is 4.39 Å². The molecule has 0 spiro atoms. The highest BCUT2D eigenvalue weighted by molar-refractivity contribution is 5.47. The molecule has 2 aromatic rings. The fraction of sp³-hybridized carbons (Fsp3) is 0.294. The van der Waals surface area contributed by atoms with Gasteiger partial charge in [0.25, 0.3) is 0 Å². The van der Waals surface area contributed by atoms with E-state index >= 15 is 0 Å². The lowest BCUT2D eigenvalue weighted by Gasteiger charge is -2.30. The predicted octanol–water partition coefficient (Wildman–Crippen LogP) is 3.24. The molecule has 2 N–H and O–H groups in total. The average Bonchev–Trinajstić information content (AvgIpc) is 2.50. The Morgan fingerprint density at radius 2 is 1.81 bits per heavy atom. The number of hydrogen-bond acceptors (Lipinski definition) is 3. The number of halogens is 1. The van der Waals surface area contributed by atoms with Crippen LogP contribution < -0.4 is 10.1 Å². The number of hydrogen-bond donors (Lipinski definition) is 2. The zero-order valence-corrected chi connectivity index (χ0v) is 12.3. The molecule has 0 heterocycles. The van der Waals surface area contributed by atoms with E-state index in [2.05, 4.69) is 5.32 Å². The second-order valence-electron chi connectivity index (χ2n) is 5.35. The Morgan fingerprint density at radius 3 is 2.38 bits per heavy atom. The number of benzene rings is 2. The molecule has 112 valence electrons. The number of methoxy groups -OCH3 is 1.